The van der Waals surface area contributed by atoms with Crippen molar-refractivity contribution in [2.75, 3.05) is 0 Å². The van der Waals surface area contributed by atoms with Crippen LogP contribution in [0.4, 0.5) is 0 Å². The van der Waals surface area contributed by atoms with E-state index in [0.717, 1.165) is 24.1 Å². The Hall–Kier alpha value is -1.84. The van der Waals surface area contributed by atoms with E-state index in [1.54, 1.807) is 0 Å². The predicted molar refractivity (Wildman–Crippen MR) is 77.7 cm³/mol. The van der Waals surface area contributed by atoms with Crippen LogP contribution < -0.4 is 11.5 Å². The van der Waals surface area contributed by atoms with Gasteiger partial charge in [0, 0.05) is 0 Å². The van der Waals surface area contributed by atoms with Gasteiger partial charge in [0.1, 0.15) is 0 Å². The average molecular weight is 246 g/mol. The van der Waals surface area contributed by atoms with E-state index in [1.165, 1.54) is 18.4 Å². The van der Waals surface area contributed by atoms with Crippen LogP contribution in [0.25, 0.3) is 0 Å². The first kappa shape index (κ1) is 14.2. The minimum Gasteiger partial charge on any atom is -0.369 e. The summed E-state index contributed by atoms with van der Waals surface area (Å²) in [6.07, 6.45) is 4.37. The molecule has 0 radical (unpaired) electrons. The third-order valence-electron chi connectivity index (χ3n) is 2.69. The number of nitrogens with zero attached hydrogens (tertiary/aromatic N) is 2. The lowest BCUT2D eigenvalue weighted by Crippen LogP contribution is -2.22. The fourth-order valence-electron chi connectivity index (χ4n) is 1.66. The molecule has 18 heavy (non-hydrogen) atoms. The molecular formula is C14H22N4. The van der Waals surface area contributed by atoms with Gasteiger partial charge < -0.3 is 11.5 Å². The van der Waals surface area contributed by atoms with E-state index in [4.69, 9.17) is 11.5 Å². The standard InChI is InChI=1S/C14H22N4/c1-3-4-5-6-13(17-18-14(15)16)12-9-7-11(2)8-10-12/h7-10H,3-6H2,1-2H3,(H4,15,16,18)/b17-13-. The van der Waals surface area contributed by atoms with Crippen molar-refractivity contribution in [1.29, 1.82) is 0 Å². The van der Waals surface area contributed by atoms with Crippen LogP contribution in [0.15, 0.2) is 34.5 Å². The maximum absolute atomic E-state index is 5.32. The molecular weight excluding hydrogens is 224 g/mol. The predicted octanol–water partition coefficient (Wildman–Crippen LogP) is 2.55. The van der Waals surface area contributed by atoms with E-state index in [-0.39, 0.29) is 5.96 Å². The number of benzene rings is 1. The lowest BCUT2D eigenvalue weighted by molar-refractivity contribution is 0.741. The largest absolute Gasteiger partial charge is 0.369 e. The summed E-state index contributed by atoms with van der Waals surface area (Å²) in [6, 6.07) is 8.26. The van der Waals surface area contributed by atoms with Crippen LogP contribution in [0.2, 0.25) is 0 Å². The van der Waals surface area contributed by atoms with Gasteiger partial charge in [0.15, 0.2) is 0 Å². The highest BCUT2D eigenvalue weighted by Gasteiger charge is 2.03. The zero-order valence-corrected chi connectivity index (χ0v) is 11.2. The summed E-state index contributed by atoms with van der Waals surface area (Å²) in [4.78, 5) is 0. The van der Waals surface area contributed by atoms with Gasteiger partial charge in [-0.05, 0) is 25.3 Å². The van der Waals surface area contributed by atoms with Crippen LogP contribution in [0.3, 0.4) is 0 Å². The molecule has 98 valence electrons. The van der Waals surface area contributed by atoms with E-state index >= 15 is 0 Å². The molecule has 1 aromatic carbocycles. The van der Waals surface area contributed by atoms with Crippen molar-refractivity contribution in [2.24, 2.45) is 21.7 Å². The van der Waals surface area contributed by atoms with Gasteiger partial charge in [-0.3, -0.25) is 0 Å². The molecule has 0 aliphatic heterocycles. The van der Waals surface area contributed by atoms with E-state index in [9.17, 15) is 0 Å². The Morgan fingerprint density at radius 2 is 1.72 bits per heavy atom. The SMILES string of the molecule is CCCCC/C(=N/N=C(N)N)c1ccc(C)cc1. The maximum Gasteiger partial charge on any atom is 0.211 e. The van der Waals surface area contributed by atoms with Crippen molar-refractivity contribution in [3.63, 3.8) is 0 Å². The van der Waals surface area contributed by atoms with Crippen LogP contribution in [-0.4, -0.2) is 11.7 Å². The number of guanidine groups is 1. The molecule has 0 fully saturated rings. The Balaban J connectivity index is 2.86. The second kappa shape index (κ2) is 7.48. The van der Waals surface area contributed by atoms with Crippen LogP contribution in [-0.2, 0) is 0 Å². The summed E-state index contributed by atoms with van der Waals surface area (Å²) in [5.41, 5.74) is 13.9. The summed E-state index contributed by atoms with van der Waals surface area (Å²) < 4.78 is 0. The minimum absolute atomic E-state index is 0.00453. The lowest BCUT2D eigenvalue weighted by Gasteiger charge is -2.05. The molecule has 0 saturated heterocycles. The average Bonchev–Trinajstić information content (AvgIpc) is 2.34. The number of aryl methyl sites for hydroxylation is 1. The highest BCUT2D eigenvalue weighted by Crippen LogP contribution is 2.11. The summed E-state index contributed by atoms with van der Waals surface area (Å²) in [7, 11) is 0. The van der Waals surface area contributed by atoms with Crippen molar-refractivity contribution in [3.8, 4) is 0 Å². The molecule has 0 aromatic heterocycles. The van der Waals surface area contributed by atoms with Crippen LogP contribution in [0.1, 0.15) is 43.7 Å². The fraction of sp³-hybridized carbons (Fsp3) is 0.429. The Bertz CT molecular complexity index is 414. The molecule has 0 aliphatic rings. The van der Waals surface area contributed by atoms with Gasteiger partial charge in [-0.15, -0.1) is 5.10 Å². The van der Waals surface area contributed by atoms with E-state index in [0.29, 0.717) is 0 Å². The van der Waals surface area contributed by atoms with Crippen molar-refractivity contribution < 1.29 is 0 Å². The summed E-state index contributed by atoms with van der Waals surface area (Å²) in [6.45, 7) is 4.24. The summed E-state index contributed by atoms with van der Waals surface area (Å²) in [5, 5.41) is 7.91. The molecule has 4 heteroatoms. The van der Waals surface area contributed by atoms with Gasteiger partial charge in [0.25, 0.3) is 0 Å². The first-order valence-electron chi connectivity index (χ1n) is 6.36. The third kappa shape index (κ3) is 4.99. The molecule has 0 heterocycles. The van der Waals surface area contributed by atoms with Gasteiger partial charge >= 0.3 is 0 Å². The molecule has 0 unspecified atom stereocenters. The molecule has 0 bridgehead atoms. The van der Waals surface area contributed by atoms with Crippen molar-refractivity contribution in [1.82, 2.24) is 0 Å². The number of hydrogen-bond acceptors (Lipinski definition) is 2. The molecule has 0 aliphatic carbocycles. The van der Waals surface area contributed by atoms with Gasteiger partial charge in [-0.2, -0.15) is 5.10 Å². The van der Waals surface area contributed by atoms with E-state index < -0.39 is 0 Å². The number of nitrogens with two attached hydrogens (primary N) is 2. The second-order valence-corrected chi connectivity index (χ2v) is 4.39. The Morgan fingerprint density at radius 3 is 2.28 bits per heavy atom. The van der Waals surface area contributed by atoms with Crippen LogP contribution in [0, 0.1) is 6.92 Å². The zero-order valence-electron chi connectivity index (χ0n) is 11.2. The number of unbranched alkanes of at least 4 members (excludes halogenated alkanes) is 2. The normalized spacial score (nSPS) is 11.3. The van der Waals surface area contributed by atoms with E-state index in [2.05, 4.69) is 48.3 Å². The fourth-order valence-corrected chi connectivity index (χ4v) is 1.66. The summed E-state index contributed by atoms with van der Waals surface area (Å²) >= 11 is 0. The first-order valence-corrected chi connectivity index (χ1v) is 6.36. The monoisotopic (exact) mass is 246 g/mol. The molecule has 4 nitrogen and oxygen atoms in total. The van der Waals surface area contributed by atoms with Crippen LogP contribution in [0.5, 0.6) is 0 Å². The Kier molecular flexibility index (Phi) is 5.91. The molecule has 0 atom stereocenters. The van der Waals surface area contributed by atoms with Gasteiger partial charge in [-0.25, -0.2) is 0 Å². The highest BCUT2D eigenvalue weighted by atomic mass is 15.3. The smallest absolute Gasteiger partial charge is 0.211 e. The van der Waals surface area contributed by atoms with Gasteiger partial charge in [-0.1, -0.05) is 49.6 Å². The number of rotatable bonds is 6. The molecule has 0 saturated carbocycles. The van der Waals surface area contributed by atoms with E-state index in [1.807, 2.05) is 0 Å². The van der Waals surface area contributed by atoms with Crippen molar-refractivity contribution >= 4 is 11.7 Å². The Morgan fingerprint density at radius 1 is 1.06 bits per heavy atom. The molecule has 4 N–H and O–H groups in total. The quantitative estimate of drug-likeness (QED) is 0.350. The van der Waals surface area contributed by atoms with Crippen LogP contribution >= 0.6 is 0 Å². The summed E-state index contributed by atoms with van der Waals surface area (Å²) in [5.74, 6) is -0.00453. The molecule has 1 rings (SSSR count). The third-order valence-corrected chi connectivity index (χ3v) is 2.69. The molecule has 0 amide bonds. The highest BCUT2D eigenvalue weighted by molar-refractivity contribution is 6.00. The second-order valence-electron chi connectivity index (χ2n) is 4.39. The van der Waals surface area contributed by atoms with Crippen molar-refractivity contribution in [3.05, 3.63) is 35.4 Å². The van der Waals surface area contributed by atoms with Gasteiger partial charge in [0.2, 0.25) is 5.96 Å². The first-order chi connectivity index (χ1) is 8.63. The topological polar surface area (TPSA) is 76.8 Å². The Labute approximate surface area is 109 Å². The van der Waals surface area contributed by atoms with Gasteiger partial charge in [0.05, 0.1) is 5.71 Å². The zero-order chi connectivity index (χ0) is 13.4. The molecule has 1 aromatic rings. The van der Waals surface area contributed by atoms with Crippen molar-refractivity contribution in [2.45, 2.75) is 39.5 Å². The number of hydrogen-bond donors (Lipinski definition) is 2. The molecule has 0 spiro atoms. The minimum atomic E-state index is -0.00453. The lowest BCUT2D eigenvalue weighted by atomic mass is 10.0. The maximum atomic E-state index is 5.32.